The lowest BCUT2D eigenvalue weighted by Crippen LogP contribution is -2.08. The average molecular weight is 350 g/mol. The second kappa shape index (κ2) is 7.13. The number of nitrogens with two attached hydrogens (primary N) is 1. The third-order valence-electron chi connectivity index (χ3n) is 3.01. The highest BCUT2D eigenvalue weighted by molar-refractivity contribution is 9.10. The monoisotopic (exact) mass is 349 g/mol. The second-order valence-electron chi connectivity index (χ2n) is 4.47. The van der Waals surface area contributed by atoms with Crippen LogP contribution in [0.1, 0.15) is 15.9 Å². The van der Waals surface area contributed by atoms with E-state index in [4.69, 9.17) is 15.2 Å². The van der Waals surface area contributed by atoms with Gasteiger partial charge in [-0.1, -0.05) is 12.1 Å². The molecule has 110 valence electrons. The van der Waals surface area contributed by atoms with Gasteiger partial charge in [0.15, 0.2) is 0 Å². The molecule has 0 spiro atoms. The third-order valence-corrected chi connectivity index (χ3v) is 3.74. The van der Waals surface area contributed by atoms with Crippen molar-refractivity contribution in [3.05, 3.63) is 58.1 Å². The summed E-state index contributed by atoms with van der Waals surface area (Å²) in [5.41, 5.74) is 7.78. The van der Waals surface area contributed by atoms with Gasteiger partial charge < -0.3 is 15.2 Å². The quantitative estimate of drug-likeness (QED) is 0.663. The lowest BCUT2D eigenvalue weighted by molar-refractivity contribution is 0.0509. The normalized spacial score (nSPS) is 10.2. The van der Waals surface area contributed by atoms with Gasteiger partial charge in [-0.25, -0.2) is 4.79 Å². The number of carbonyl (C=O) groups is 1. The van der Waals surface area contributed by atoms with Crippen molar-refractivity contribution in [2.75, 3.05) is 19.5 Å². The molecule has 0 unspecified atom stereocenters. The first-order valence-electron chi connectivity index (χ1n) is 6.45. The summed E-state index contributed by atoms with van der Waals surface area (Å²) >= 11 is 3.29. The number of rotatable bonds is 5. The maximum absolute atomic E-state index is 11.9. The van der Waals surface area contributed by atoms with Crippen LogP contribution in [0.2, 0.25) is 0 Å². The topological polar surface area (TPSA) is 61.5 Å². The van der Waals surface area contributed by atoms with Crippen molar-refractivity contribution >= 4 is 27.6 Å². The van der Waals surface area contributed by atoms with Gasteiger partial charge in [-0.3, -0.25) is 0 Å². The molecule has 0 atom stereocenters. The van der Waals surface area contributed by atoms with Crippen LogP contribution in [0.15, 0.2) is 46.9 Å². The number of halogens is 1. The van der Waals surface area contributed by atoms with Gasteiger partial charge in [0, 0.05) is 16.6 Å². The highest BCUT2D eigenvalue weighted by Crippen LogP contribution is 2.20. The summed E-state index contributed by atoms with van der Waals surface area (Å²) in [4.78, 5) is 11.9. The minimum atomic E-state index is -0.372. The van der Waals surface area contributed by atoms with Gasteiger partial charge in [0.05, 0.1) is 19.3 Å². The molecule has 2 N–H and O–H groups in total. The Morgan fingerprint density at radius 2 is 1.90 bits per heavy atom. The highest BCUT2D eigenvalue weighted by atomic mass is 79.9. The fourth-order valence-corrected chi connectivity index (χ4v) is 2.05. The molecule has 2 aromatic rings. The van der Waals surface area contributed by atoms with Gasteiger partial charge in [0.2, 0.25) is 0 Å². The first kappa shape index (κ1) is 15.4. The molecule has 5 heteroatoms. The van der Waals surface area contributed by atoms with Crippen LogP contribution in [-0.2, 0) is 11.2 Å². The van der Waals surface area contributed by atoms with Gasteiger partial charge in [-0.15, -0.1) is 0 Å². The number of anilines is 1. The molecule has 2 aromatic carbocycles. The largest absolute Gasteiger partial charge is 0.497 e. The maximum atomic E-state index is 11.9. The van der Waals surface area contributed by atoms with Crippen LogP contribution in [0.4, 0.5) is 5.69 Å². The third kappa shape index (κ3) is 4.23. The van der Waals surface area contributed by atoms with Crippen LogP contribution < -0.4 is 10.5 Å². The standard InChI is InChI=1S/C16H16BrNO3/c1-20-13-5-2-11(3-6-13)8-9-21-16(19)12-4-7-14(17)15(18)10-12/h2-7,10H,8-9,18H2,1H3. The smallest absolute Gasteiger partial charge is 0.338 e. The Labute approximate surface area is 132 Å². The molecular weight excluding hydrogens is 334 g/mol. The number of ether oxygens (including phenoxy) is 2. The van der Waals surface area contributed by atoms with Crippen LogP contribution in [0, 0.1) is 0 Å². The van der Waals surface area contributed by atoms with E-state index in [0.717, 1.165) is 15.8 Å². The van der Waals surface area contributed by atoms with Crippen LogP contribution in [0.25, 0.3) is 0 Å². The molecule has 4 nitrogen and oxygen atoms in total. The van der Waals surface area contributed by atoms with E-state index in [-0.39, 0.29) is 5.97 Å². The number of benzene rings is 2. The molecular formula is C16H16BrNO3. The molecule has 0 radical (unpaired) electrons. The zero-order valence-electron chi connectivity index (χ0n) is 11.6. The fraction of sp³-hybridized carbons (Fsp3) is 0.188. The number of esters is 1. The van der Waals surface area contributed by atoms with E-state index >= 15 is 0 Å². The van der Waals surface area contributed by atoms with E-state index in [1.165, 1.54) is 0 Å². The summed E-state index contributed by atoms with van der Waals surface area (Å²) in [5, 5.41) is 0. The van der Waals surface area contributed by atoms with Gasteiger partial charge in [0.1, 0.15) is 5.75 Å². The van der Waals surface area contributed by atoms with Gasteiger partial charge >= 0.3 is 5.97 Å². The number of hydrogen-bond acceptors (Lipinski definition) is 4. The summed E-state index contributed by atoms with van der Waals surface area (Å²) in [7, 11) is 1.63. The van der Waals surface area contributed by atoms with E-state index in [1.807, 2.05) is 24.3 Å². The number of hydrogen-bond donors (Lipinski definition) is 1. The zero-order chi connectivity index (χ0) is 15.2. The lowest BCUT2D eigenvalue weighted by atomic mass is 10.1. The number of nitrogen functional groups attached to an aromatic ring is 1. The highest BCUT2D eigenvalue weighted by Gasteiger charge is 2.08. The van der Waals surface area contributed by atoms with Crippen molar-refractivity contribution in [2.45, 2.75) is 6.42 Å². The summed E-state index contributed by atoms with van der Waals surface area (Å²) in [6, 6.07) is 12.7. The molecule has 0 aliphatic carbocycles. The van der Waals surface area contributed by atoms with Gasteiger partial charge in [-0.05, 0) is 51.8 Å². The SMILES string of the molecule is COc1ccc(CCOC(=O)c2ccc(Br)c(N)c2)cc1. The first-order chi connectivity index (χ1) is 10.1. The van der Waals surface area contributed by atoms with E-state index in [1.54, 1.807) is 25.3 Å². The fourth-order valence-electron chi connectivity index (χ4n) is 1.81. The molecule has 0 saturated carbocycles. The maximum Gasteiger partial charge on any atom is 0.338 e. The van der Waals surface area contributed by atoms with Gasteiger partial charge in [0.25, 0.3) is 0 Å². The zero-order valence-corrected chi connectivity index (χ0v) is 13.2. The van der Waals surface area contributed by atoms with E-state index in [0.29, 0.717) is 24.3 Å². The van der Waals surface area contributed by atoms with Crippen LogP contribution in [0.3, 0.4) is 0 Å². The van der Waals surface area contributed by atoms with Crippen molar-refractivity contribution in [3.8, 4) is 5.75 Å². The van der Waals surface area contributed by atoms with Gasteiger partial charge in [-0.2, -0.15) is 0 Å². The van der Waals surface area contributed by atoms with Crippen molar-refractivity contribution in [3.63, 3.8) is 0 Å². The lowest BCUT2D eigenvalue weighted by Gasteiger charge is -2.07. The first-order valence-corrected chi connectivity index (χ1v) is 7.24. The summed E-state index contributed by atoms with van der Waals surface area (Å²) in [5.74, 6) is 0.434. The minimum Gasteiger partial charge on any atom is -0.497 e. The Balaban J connectivity index is 1.87. The van der Waals surface area contributed by atoms with Crippen molar-refractivity contribution in [1.29, 1.82) is 0 Å². The molecule has 0 heterocycles. The van der Waals surface area contributed by atoms with E-state index in [9.17, 15) is 4.79 Å². The Morgan fingerprint density at radius 1 is 1.19 bits per heavy atom. The molecule has 0 amide bonds. The summed E-state index contributed by atoms with van der Waals surface area (Å²) in [6.07, 6.45) is 0.655. The molecule has 0 bridgehead atoms. The van der Waals surface area contributed by atoms with Crippen molar-refractivity contribution < 1.29 is 14.3 Å². The predicted octanol–water partition coefficient (Wildman–Crippen LogP) is 3.44. The molecule has 0 aliphatic rings. The van der Waals surface area contributed by atoms with E-state index < -0.39 is 0 Å². The molecule has 0 aromatic heterocycles. The van der Waals surface area contributed by atoms with Crippen LogP contribution in [0.5, 0.6) is 5.75 Å². The van der Waals surface area contributed by atoms with E-state index in [2.05, 4.69) is 15.9 Å². The summed E-state index contributed by atoms with van der Waals surface area (Å²) in [6.45, 7) is 0.321. The second-order valence-corrected chi connectivity index (χ2v) is 5.32. The molecule has 0 fully saturated rings. The molecule has 2 rings (SSSR count). The molecule has 0 saturated heterocycles. The number of carbonyl (C=O) groups excluding carboxylic acids is 1. The van der Waals surface area contributed by atoms with Crippen molar-refractivity contribution in [2.24, 2.45) is 0 Å². The number of methoxy groups -OCH3 is 1. The Bertz CT molecular complexity index is 626. The Kier molecular flexibility index (Phi) is 5.22. The summed E-state index contributed by atoms with van der Waals surface area (Å²) < 4.78 is 11.1. The average Bonchev–Trinajstić information content (AvgIpc) is 2.50. The van der Waals surface area contributed by atoms with Crippen LogP contribution >= 0.6 is 15.9 Å². The molecule has 21 heavy (non-hydrogen) atoms. The minimum absolute atomic E-state index is 0.321. The van der Waals surface area contributed by atoms with Crippen molar-refractivity contribution in [1.82, 2.24) is 0 Å². The molecule has 0 aliphatic heterocycles. The Hall–Kier alpha value is -2.01. The Morgan fingerprint density at radius 3 is 2.52 bits per heavy atom. The van der Waals surface area contributed by atoms with Crippen LogP contribution in [-0.4, -0.2) is 19.7 Å². The predicted molar refractivity (Wildman–Crippen MR) is 85.5 cm³/mol.